The van der Waals surface area contributed by atoms with E-state index in [0.717, 1.165) is 12.0 Å². The maximum Gasteiger partial charge on any atom is 0.290 e. The molecule has 1 aliphatic rings. The molecule has 148 valence electrons. The van der Waals surface area contributed by atoms with E-state index in [1.165, 1.54) is 4.90 Å². The standard InChI is InChI=1S/C20H26Cl2N2O3/c1-20(2,3)11-15-16(17(25)19(27)24(15)4)18(26)23-9-5-6-12-7-8-13(21)14(22)10-12/h7-8,10,15-16H,5-6,9,11H2,1-4H3,(H,23,26). The summed E-state index contributed by atoms with van der Waals surface area (Å²) in [5.74, 6) is -2.51. The Labute approximate surface area is 170 Å². The van der Waals surface area contributed by atoms with E-state index in [4.69, 9.17) is 23.2 Å². The molecular formula is C20H26Cl2N2O3. The van der Waals surface area contributed by atoms with Gasteiger partial charge in [0.2, 0.25) is 11.7 Å². The maximum absolute atomic E-state index is 12.6. The second kappa shape index (κ2) is 8.61. The van der Waals surface area contributed by atoms with E-state index in [-0.39, 0.29) is 11.3 Å². The van der Waals surface area contributed by atoms with E-state index in [9.17, 15) is 14.4 Å². The van der Waals surface area contributed by atoms with Gasteiger partial charge >= 0.3 is 0 Å². The second-order valence-corrected chi connectivity index (χ2v) is 9.05. The van der Waals surface area contributed by atoms with Crippen molar-refractivity contribution in [2.24, 2.45) is 11.3 Å². The topological polar surface area (TPSA) is 66.5 Å². The molecule has 5 nitrogen and oxygen atoms in total. The minimum Gasteiger partial charge on any atom is -0.355 e. The maximum atomic E-state index is 12.6. The molecule has 1 N–H and O–H groups in total. The Morgan fingerprint density at radius 3 is 2.44 bits per heavy atom. The van der Waals surface area contributed by atoms with Crippen LogP contribution in [0.4, 0.5) is 0 Å². The molecule has 1 aliphatic heterocycles. The van der Waals surface area contributed by atoms with Crippen molar-refractivity contribution in [2.75, 3.05) is 13.6 Å². The van der Waals surface area contributed by atoms with Gasteiger partial charge in [0.1, 0.15) is 5.92 Å². The number of nitrogens with zero attached hydrogens (tertiary/aromatic N) is 1. The average Bonchev–Trinajstić information content (AvgIpc) is 2.77. The minimum atomic E-state index is -0.938. The van der Waals surface area contributed by atoms with E-state index in [1.54, 1.807) is 19.2 Å². The minimum absolute atomic E-state index is 0.101. The highest BCUT2D eigenvalue weighted by Gasteiger charge is 2.50. The third-order valence-electron chi connectivity index (χ3n) is 4.73. The number of likely N-dealkylation sites (tertiary alicyclic amines) is 1. The predicted octanol–water partition coefficient (Wildman–Crippen LogP) is 3.50. The Hall–Kier alpha value is -1.59. The van der Waals surface area contributed by atoms with Crippen LogP contribution >= 0.6 is 23.2 Å². The highest BCUT2D eigenvalue weighted by molar-refractivity contribution is 6.43. The van der Waals surface area contributed by atoms with Gasteiger partial charge in [-0.2, -0.15) is 0 Å². The largest absolute Gasteiger partial charge is 0.355 e. The van der Waals surface area contributed by atoms with E-state index >= 15 is 0 Å². The van der Waals surface area contributed by atoms with Crippen LogP contribution in [0.3, 0.4) is 0 Å². The van der Waals surface area contributed by atoms with Gasteiger partial charge in [-0.1, -0.05) is 50.0 Å². The van der Waals surface area contributed by atoms with Crippen molar-refractivity contribution in [3.05, 3.63) is 33.8 Å². The van der Waals surface area contributed by atoms with Gasteiger partial charge in [-0.25, -0.2) is 0 Å². The van der Waals surface area contributed by atoms with Gasteiger partial charge in [0.25, 0.3) is 5.91 Å². The summed E-state index contributed by atoms with van der Waals surface area (Å²) in [6, 6.07) is 5.04. The number of carbonyl (C=O) groups excluding carboxylic acids is 3. The van der Waals surface area contributed by atoms with Gasteiger partial charge in [-0.15, -0.1) is 0 Å². The van der Waals surface area contributed by atoms with Crippen molar-refractivity contribution >= 4 is 40.8 Å². The molecule has 0 aliphatic carbocycles. The van der Waals surface area contributed by atoms with Gasteiger partial charge in [0, 0.05) is 13.6 Å². The number of aryl methyl sites for hydroxylation is 1. The van der Waals surface area contributed by atoms with Crippen LogP contribution in [0.1, 0.15) is 39.2 Å². The smallest absolute Gasteiger partial charge is 0.290 e. The second-order valence-electron chi connectivity index (χ2n) is 8.23. The molecule has 2 unspecified atom stereocenters. The summed E-state index contributed by atoms with van der Waals surface area (Å²) in [5, 5.41) is 3.82. The molecule has 1 heterocycles. The quantitative estimate of drug-likeness (QED) is 0.441. The number of hydrogen-bond donors (Lipinski definition) is 1. The van der Waals surface area contributed by atoms with Crippen LogP contribution < -0.4 is 5.32 Å². The number of Topliss-reactive ketones (excluding diaryl/α,β-unsaturated/α-hetero) is 1. The first-order valence-corrected chi connectivity index (χ1v) is 9.79. The third kappa shape index (κ3) is 5.45. The Morgan fingerprint density at radius 1 is 1.19 bits per heavy atom. The molecule has 2 amide bonds. The Bertz CT molecular complexity index is 743. The fourth-order valence-electron chi connectivity index (χ4n) is 3.34. The lowest BCUT2D eigenvalue weighted by Crippen LogP contribution is -2.42. The predicted molar refractivity (Wildman–Crippen MR) is 107 cm³/mol. The van der Waals surface area contributed by atoms with Crippen LogP contribution in [0, 0.1) is 11.3 Å². The van der Waals surface area contributed by atoms with Crippen LogP contribution in [0.2, 0.25) is 10.0 Å². The zero-order valence-electron chi connectivity index (χ0n) is 16.1. The molecule has 0 radical (unpaired) electrons. The lowest BCUT2D eigenvalue weighted by atomic mass is 9.83. The van der Waals surface area contributed by atoms with Crippen molar-refractivity contribution in [3.63, 3.8) is 0 Å². The number of carbonyl (C=O) groups is 3. The summed E-state index contributed by atoms with van der Waals surface area (Å²) >= 11 is 11.9. The lowest BCUT2D eigenvalue weighted by Gasteiger charge is -2.29. The molecule has 1 saturated heterocycles. The fraction of sp³-hybridized carbons (Fsp3) is 0.550. The van der Waals surface area contributed by atoms with Crippen molar-refractivity contribution in [1.29, 1.82) is 0 Å². The molecule has 0 spiro atoms. The highest BCUT2D eigenvalue weighted by atomic mass is 35.5. The summed E-state index contributed by atoms with van der Waals surface area (Å²) in [6.45, 7) is 6.50. The van der Waals surface area contributed by atoms with Crippen LogP contribution in [-0.2, 0) is 20.8 Å². The van der Waals surface area contributed by atoms with E-state index in [2.05, 4.69) is 5.32 Å². The number of hydrogen-bond acceptors (Lipinski definition) is 3. The molecule has 7 heteroatoms. The molecule has 1 fully saturated rings. The number of benzene rings is 1. The monoisotopic (exact) mass is 412 g/mol. The van der Waals surface area contributed by atoms with Crippen LogP contribution in [-0.4, -0.2) is 42.1 Å². The zero-order chi connectivity index (χ0) is 20.4. The van der Waals surface area contributed by atoms with Crippen LogP contribution in [0.5, 0.6) is 0 Å². The molecule has 0 bridgehead atoms. The van der Waals surface area contributed by atoms with Gasteiger partial charge in [-0.3, -0.25) is 14.4 Å². The lowest BCUT2D eigenvalue weighted by molar-refractivity contribution is -0.142. The summed E-state index contributed by atoms with van der Waals surface area (Å²) in [5.41, 5.74) is 0.923. The van der Waals surface area contributed by atoms with Crippen LogP contribution in [0.25, 0.3) is 0 Å². The number of likely N-dealkylation sites (N-methyl/N-ethyl adjacent to an activating group) is 1. The fourth-order valence-corrected chi connectivity index (χ4v) is 3.66. The first kappa shape index (κ1) is 21.7. The van der Waals surface area contributed by atoms with Gasteiger partial charge < -0.3 is 10.2 Å². The SMILES string of the molecule is CN1C(=O)C(=O)C(C(=O)NCCCc2ccc(Cl)c(Cl)c2)C1CC(C)(C)C. The van der Waals surface area contributed by atoms with Gasteiger partial charge in [-0.05, 0) is 42.4 Å². The molecule has 0 saturated carbocycles. The number of halogens is 2. The first-order chi connectivity index (χ1) is 12.5. The highest BCUT2D eigenvalue weighted by Crippen LogP contribution is 2.32. The molecule has 27 heavy (non-hydrogen) atoms. The Kier molecular flexibility index (Phi) is 6.92. The molecule has 2 rings (SSSR count). The summed E-state index contributed by atoms with van der Waals surface area (Å²) < 4.78 is 0. The van der Waals surface area contributed by atoms with E-state index < -0.39 is 23.7 Å². The summed E-state index contributed by atoms with van der Waals surface area (Å²) in [4.78, 5) is 38.4. The van der Waals surface area contributed by atoms with Gasteiger partial charge in [0.05, 0.1) is 16.1 Å². The molecule has 1 aromatic carbocycles. The van der Waals surface area contributed by atoms with Crippen molar-refractivity contribution in [2.45, 2.75) is 46.1 Å². The van der Waals surface area contributed by atoms with Crippen molar-refractivity contribution in [1.82, 2.24) is 10.2 Å². The number of ketones is 1. The summed E-state index contributed by atoms with van der Waals surface area (Å²) in [6.07, 6.45) is 2.00. The van der Waals surface area contributed by atoms with E-state index in [1.807, 2.05) is 26.8 Å². The van der Waals surface area contributed by atoms with Crippen LogP contribution in [0.15, 0.2) is 18.2 Å². The Morgan fingerprint density at radius 2 is 1.85 bits per heavy atom. The molecule has 1 aromatic rings. The summed E-state index contributed by atoms with van der Waals surface area (Å²) in [7, 11) is 1.59. The molecule has 0 aromatic heterocycles. The van der Waals surface area contributed by atoms with Gasteiger partial charge in [0.15, 0.2) is 0 Å². The molecule has 2 atom stereocenters. The van der Waals surface area contributed by atoms with Crippen molar-refractivity contribution < 1.29 is 14.4 Å². The third-order valence-corrected chi connectivity index (χ3v) is 5.46. The number of rotatable bonds is 6. The average molecular weight is 413 g/mol. The van der Waals surface area contributed by atoms with E-state index in [0.29, 0.717) is 29.4 Å². The number of amides is 2. The zero-order valence-corrected chi connectivity index (χ0v) is 17.7. The Balaban J connectivity index is 1.93. The van der Waals surface area contributed by atoms with Crippen molar-refractivity contribution in [3.8, 4) is 0 Å². The molecular weight excluding hydrogens is 387 g/mol. The first-order valence-electron chi connectivity index (χ1n) is 9.04. The number of nitrogens with one attached hydrogen (secondary N) is 1. The normalized spacial score (nSPS) is 20.3.